The van der Waals surface area contributed by atoms with Gasteiger partial charge in [-0.3, -0.25) is 20.2 Å². The Morgan fingerprint density at radius 2 is 1.24 bits per heavy atom. The molecule has 0 unspecified atom stereocenters. The van der Waals surface area contributed by atoms with Gasteiger partial charge in [0.15, 0.2) is 11.6 Å². The molecule has 208 valence electrons. The summed E-state index contributed by atoms with van der Waals surface area (Å²) in [4.78, 5) is 21.1. The van der Waals surface area contributed by atoms with Gasteiger partial charge in [-0.05, 0) is 23.3 Å². The van der Waals surface area contributed by atoms with E-state index in [-0.39, 0.29) is 5.82 Å². The molecule has 0 aromatic carbocycles. The molecule has 6 rings (SSSR count). The fourth-order valence-electron chi connectivity index (χ4n) is 3.64. The molecule has 0 aliphatic rings. The molecule has 0 fully saturated rings. The topological polar surface area (TPSA) is 164 Å². The Bertz CT molecular complexity index is 1840. The second-order valence-electron chi connectivity index (χ2n) is 8.54. The number of hydrogen-bond donors (Lipinski definition) is 4. The molecule has 6 aromatic rings. The summed E-state index contributed by atoms with van der Waals surface area (Å²) in [7, 11) is 0. The van der Waals surface area contributed by atoms with Gasteiger partial charge in [-0.25, -0.2) is 9.97 Å². The number of alkyl halides is 3. The van der Waals surface area contributed by atoms with Gasteiger partial charge in [-0.2, -0.15) is 28.6 Å². The van der Waals surface area contributed by atoms with E-state index in [1.807, 2.05) is 36.4 Å². The van der Waals surface area contributed by atoms with Crippen molar-refractivity contribution in [3.63, 3.8) is 0 Å². The standard InChI is InChI=1S/C14H10F3N5.C14H10N6/c15-14(16,17)11-8-19-13(21-11)12-10(7-20-22-12)4-3-9-2-1-5-18-6-9;15-6-12-9-17-14(19-12)13-11(8-18-20-13)4-3-10-2-1-5-16-7-10/h1-8H,(H,19,21)(H,20,22);1-5,7-9H,(H,17,19)(H,18,20)/b2*4-3+. The van der Waals surface area contributed by atoms with E-state index in [0.717, 1.165) is 28.6 Å². The first-order valence-electron chi connectivity index (χ1n) is 12.2. The van der Waals surface area contributed by atoms with Crippen LogP contribution >= 0.6 is 0 Å². The lowest BCUT2D eigenvalue weighted by Gasteiger charge is -2.01. The first-order valence-corrected chi connectivity index (χ1v) is 12.2. The molecule has 0 amide bonds. The average molecular weight is 568 g/mol. The quantitative estimate of drug-likeness (QED) is 0.203. The zero-order chi connectivity index (χ0) is 29.4. The van der Waals surface area contributed by atoms with Crippen LogP contribution in [-0.2, 0) is 6.18 Å². The van der Waals surface area contributed by atoms with Crippen LogP contribution in [0.3, 0.4) is 0 Å². The Hall–Kier alpha value is -6.10. The Morgan fingerprint density at radius 1 is 0.690 bits per heavy atom. The highest BCUT2D eigenvalue weighted by Gasteiger charge is 2.33. The number of nitriles is 1. The van der Waals surface area contributed by atoms with E-state index >= 15 is 0 Å². The Labute approximate surface area is 236 Å². The van der Waals surface area contributed by atoms with E-state index in [2.05, 4.69) is 50.3 Å². The number of rotatable bonds is 6. The number of aromatic nitrogens is 10. The smallest absolute Gasteiger partial charge is 0.333 e. The van der Waals surface area contributed by atoms with E-state index in [0.29, 0.717) is 22.8 Å². The Balaban J connectivity index is 0.000000169. The predicted molar refractivity (Wildman–Crippen MR) is 148 cm³/mol. The Morgan fingerprint density at radius 3 is 1.69 bits per heavy atom. The van der Waals surface area contributed by atoms with Gasteiger partial charge in [0.2, 0.25) is 0 Å². The molecule has 0 aliphatic heterocycles. The highest BCUT2D eigenvalue weighted by molar-refractivity contribution is 5.77. The first kappa shape index (κ1) is 27.5. The van der Waals surface area contributed by atoms with Crippen LogP contribution in [0.15, 0.2) is 73.8 Å². The summed E-state index contributed by atoms with van der Waals surface area (Å²) in [6.45, 7) is 0. The van der Waals surface area contributed by atoms with Crippen LogP contribution in [-0.4, -0.2) is 50.3 Å². The maximum Gasteiger partial charge on any atom is 0.432 e. The van der Waals surface area contributed by atoms with Crippen molar-refractivity contribution in [3.8, 4) is 29.1 Å². The summed E-state index contributed by atoms with van der Waals surface area (Å²) in [5.41, 5.74) is 4.00. The molecule has 42 heavy (non-hydrogen) atoms. The largest absolute Gasteiger partial charge is 0.432 e. The lowest BCUT2D eigenvalue weighted by molar-refractivity contribution is -0.140. The zero-order valence-electron chi connectivity index (χ0n) is 21.5. The van der Waals surface area contributed by atoms with Gasteiger partial charge in [0.05, 0.1) is 24.8 Å². The lowest BCUT2D eigenvalue weighted by Crippen LogP contribution is -2.04. The molecule has 0 spiro atoms. The fourth-order valence-corrected chi connectivity index (χ4v) is 3.64. The van der Waals surface area contributed by atoms with Crippen LogP contribution in [0, 0.1) is 11.3 Å². The molecule has 14 heteroatoms. The molecule has 6 heterocycles. The van der Waals surface area contributed by atoms with E-state index < -0.39 is 11.9 Å². The number of hydrogen-bond acceptors (Lipinski definition) is 7. The summed E-state index contributed by atoms with van der Waals surface area (Å²) >= 11 is 0. The number of halogens is 3. The van der Waals surface area contributed by atoms with Crippen LogP contribution in [0.2, 0.25) is 0 Å². The van der Waals surface area contributed by atoms with Gasteiger partial charge >= 0.3 is 6.18 Å². The lowest BCUT2D eigenvalue weighted by atomic mass is 10.2. The van der Waals surface area contributed by atoms with Gasteiger partial charge in [0, 0.05) is 35.9 Å². The monoisotopic (exact) mass is 567 g/mol. The van der Waals surface area contributed by atoms with Crippen LogP contribution in [0.1, 0.15) is 33.6 Å². The number of aromatic amines is 4. The second kappa shape index (κ2) is 12.4. The molecule has 0 bridgehead atoms. The molecule has 0 atom stereocenters. The van der Waals surface area contributed by atoms with Crippen molar-refractivity contribution in [3.05, 3.63) is 107 Å². The molecule has 6 aromatic heterocycles. The second-order valence-corrected chi connectivity index (χ2v) is 8.54. The maximum absolute atomic E-state index is 12.6. The maximum atomic E-state index is 12.6. The van der Waals surface area contributed by atoms with Gasteiger partial charge in [0.1, 0.15) is 28.8 Å². The minimum Gasteiger partial charge on any atom is -0.333 e. The average Bonchev–Trinajstić information content (AvgIpc) is 3.82. The molecule has 11 nitrogen and oxygen atoms in total. The summed E-state index contributed by atoms with van der Waals surface area (Å²) in [5.74, 6) is 0.667. The third-order valence-corrected chi connectivity index (χ3v) is 5.67. The van der Waals surface area contributed by atoms with Gasteiger partial charge in [-0.15, -0.1) is 0 Å². The predicted octanol–water partition coefficient (Wildman–Crippen LogP) is 5.62. The molecule has 4 N–H and O–H groups in total. The van der Waals surface area contributed by atoms with Crippen molar-refractivity contribution < 1.29 is 13.2 Å². The van der Waals surface area contributed by atoms with E-state index in [1.165, 1.54) is 12.4 Å². The van der Waals surface area contributed by atoms with Gasteiger partial charge < -0.3 is 9.97 Å². The van der Waals surface area contributed by atoms with Crippen LogP contribution in [0.4, 0.5) is 13.2 Å². The molecule has 0 saturated carbocycles. The molecule has 0 saturated heterocycles. The number of nitrogens with zero attached hydrogens (tertiary/aromatic N) is 7. The molecular formula is C28H20F3N11. The van der Waals surface area contributed by atoms with E-state index in [1.54, 1.807) is 49.2 Å². The highest BCUT2D eigenvalue weighted by Crippen LogP contribution is 2.30. The van der Waals surface area contributed by atoms with Crippen molar-refractivity contribution in [1.29, 1.82) is 5.26 Å². The minimum absolute atomic E-state index is 0.0793. The van der Waals surface area contributed by atoms with Crippen LogP contribution in [0.25, 0.3) is 47.3 Å². The van der Waals surface area contributed by atoms with Crippen molar-refractivity contribution in [1.82, 2.24) is 50.3 Å². The van der Waals surface area contributed by atoms with Gasteiger partial charge in [-0.1, -0.05) is 36.4 Å². The highest BCUT2D eigenvalue weighted by atomic mass is 19.4. The fraction of sp³-hybridized carbons (Fsp3) is 0.0357. The number of nitrogens with one attached hydrogen (secondary N) is 4. The van der Waals surface area contributed by atoms with Crippen LogP contribution < -0.4 is 0 Å². The first-order chi connectivity index (χ1) is 20.4. The van der Waals surface area contributed by atoms with Crippen molar-refractivity contribution in [2.75, 3.05) is 0 Å². The number of pyridine rings is 2. The SMILES string of the molecule is FC(F)(F)c1cnc(-c2[nH]ncc2/C=C/c2cccnc2)[nH]1.N#Cc1cnc(-c2[nH]ncc2/C=C/c2cccnc2)[nH]1. The molecular weight excluding hydrogens is 547 g/mol. The number of imidazole rings is 2. The summed E-state index contributed by atoms with van der Waals surface area (Å²) in [6, 6.07) is 9.50. The summed E-state index contributed by atoms with van der Waals surface area (Å²) in [5, 5.41) is 22.2. The van der Waals surface area contributed by atoms with Crippen molar-refractivity contribution >= 4 is 24.3 Å². The Kier molecular flexibility index (Phi) is 8.10. The van der Waals surface area contributed by atoms with Crippen LogP contribution in [0.5, 0.6) is 0 Å². The number of H-pyrrole nitrogens is 4. The third-order valence-electron chi connectivity index (χ3n) is 5.67. The summed E-state index contributed by atoms with van der Waals surface area (Å²) in [6.07, 6.45) is 15.2. The summed E-state index contributed by atoms with van der Waals surface area (Å²) < 4.78 is 37.8. The molecule has 0 aliphatic carbocycles. The van der Waals surface area contributed by atoms with Gasteiger partial charge in [0.25, 0.3) is 0 Å². The van der Waals surface area contributed by atoms with Crippen molar-refractivity contribution in [2.24, 2.45) is 0 Å². The normalized spacial score (nSPS) is 11.5. The van der Waals surface area contributed by atoms with E-state index in [9.17, 15) is 13.2 Å². The van der Waals surface area contributed by atoms with E-state index in [4.69, 9.17) is 5.26 Å². The minimum atomic E-state index is -4.46. The van der Waals surface area contributed by atoms with Crippen molar-refractivity contribution in [2.45, 2.75) is 6.18 Å². The third kappa shape index (κ3) is 6.72. The zero-order valence-corrected chi connectivity index (χ0v) is 21.5. The molecule has 0 radical (unpaired) electrons.